The normalized spacial score (nSPS) is 15.2. The third kappa shape index (κ3) is 3.88. The molecule has 5 nitrogen and oxygen atoms in total. The maximum atomic E-state index is 14.0. The molecule has 1 saturated heterocycles. The fourth-order valence-corrected chi connectivity index (χ4v) is 3.32. The minimum atomic E-state index is -0.643. The maximum absolute atomic E-state index is 14.0. The molecule has 3 rings (SSSR count). The lowest BCUT2D eigenvalue weighted by atomic mass is 10.1. The molecule has 1 aromatic heterocycles. The van der Waals surface area contributed by atoms with Gasteiger partial charge in [0.05, 0.1) is 10.6 Å². The maximum Gasteiger partial charge on any atom is 0.289 e. The van der Waals surface area contributed by atoms with Crippen LogP contribution in [-0.4, -0.2) is 47.8 Å². The number of halogens is 3. The highest BCUT2D eigenvalue weighted by molar-refractivity contribution is 9.10. The van der Waals surface area contributed by atoms with Crippen molar-refractivity contribution in [2.75, 3.05) is 26.2 Å². The summed E-state index contributed by atoms with van der Waals surface area (Å²) in [5, 5.41) is 0.0858. The Morgan fingerprint density at radius 1 is 1.04 bits per heavy atom. The van der Waals surface area contributed by atoms with Gasteiger partial charge in [0, 0.05) is 26.2 Å². The summed E-state index contributed by atoms with van der Waals surface area (Å²) in [6.07, 6.45) is 0.589. The van der Waals surface area contributed by atoms with Crippen LogP contribution < -0.4 is 0 Å². The standard InChI is InChI=1S/C17H15BrClFN2O3/c18-14-6-5-13(25-14)16(23)21-7-2-8-22(10-9-21)17(24)15-11(19)3-1-4-12(15)20/h1,3-6H,2,7-10H2. The lowest BCUT2D eigenvalue weighted by molar-refractivity contribution is 0.0697. The van der Waals surface area contributed by atoms with E-state index < -0.39 is 11.7 Å². The molecule has 0 spiro atoms. The van der Waals surface area contributed by atoms with Crippen LogP contribution in [0.5, 0.6) is 0 Å². The molecule has 0 saturated carbocycles. The molecule has 1 aromatic carbocycles. The van der Waals surface area contributed by atoms with Crippen LogP contribution in [0.3, 0.4) is 0 Å². The molecule has 0 bridgehead atoms. The summed E-state index contributed by atoms with van der Waals surface area (Å²) in [6.45, 7) is 1.56. The quantitative estimate of drug-likeness (QED) is 0.729. The second-order valence-electron chi connectivity index (χ2n) is 5.64. The van der Waals surface area contributed by atoms with Crippen molar-refractivity contribution < 1.29 is 18.4 Å². The fourth-order valence-electron chi connectivity index (χ4n) is 2.77. The zero-order chi connectivity index (χ0) is 18.0. The molecule has 1 aliphatic heterocycles. The van der Waals surface area contributed by atoms with Gasteiger partial charge in [0.25, 0.3) is 11.8 Å². The average Bonchev–Trinajstić information content (AvgIpc) is 2.87. The minimum absolute atomic E-state index is 0.0858. The van der Waals surface area contributed by atoms with Crippen molar-refractivity contribution >= 4 is 39.3 Å². The van der Waals surface area contributed by atoms with Gasteiger partial charge in [0.15, 0.2) is 10.4 Å². The van der Waals surface area contributed by atoms with Crippen molar-refractivity contribution in [3.63, 3.8) is 0 Å². The number of rotatable bonds is 2. The zero-order valence-electron chi connectivity index (χ0n) is 13.2. The predicted molar refractivity (Wildman–Crippen MR) is 94.2 cm³/mol. The van der Waals surface area contributed by atoms with E-state index in [2.05, 4.69) is 15.9 Å². The van der Waals surface area contributed by atoms with Gasteiger partial charge < -0.3 is 14.2 Å². The van der Waals surface area contributed by atoms with Crippen molar-refractivity contribution in [3.05, 3.63) is 57.2 Å². The first-order chi connectivity index (χ1) is 12.0. The Morgan fingerprint density at radius 2 is 1.72 bits per heavy atom. The van der Waals surface area contributed by atoms with E-state index in [4.69, 9.17) is 16.0 Å². The lowest BCUT2D eigenvalue weighted by Crippen LogP contribution is -2.37. The van der Waals surface area contributed by atoms with E-state index in [1.807, 2.05) is 0 Å². The monoisotopic (exact) mass is 428 g/mol. The average molecular weight is 430 g/mol. The molecule has 2 aromatic rings. The van der Waals surface area contributed by atoms with Crippen LogP contribution in [0.15, 0.2) is 39.4 Å². The van der Waals surface area contributed by atoms with E-state index in [1.165, 1.54) is 23.1 Å². The molecular weight excluding hydrogens is 415 g/mol. The number of furan rings is 1. The Kier molecular flexibility index (Phi) is 5.44. The molecule has 0 radical (unpaired) electrons. The van der Waals surface area contributed by atoms with Crippen LogP contribution >= 0.6 is 27.5 Å². The SMILES string of the molecule is O=C(c1ccc(Br)o1)N1CCCN(C(=O)c2c(F)cccc2Cl)CC1. The Bertz CT molecular complexity index is 791. The number of carbonyl (C=O) groups excluding carboxylic acids is 2. The first-order valence-electron chi connectivity index (χ1n) is 7.75. The molecule has 2 amide bonds. The first kappa shape index (κ1) is 17.9. The number of nitrogens with zero attached hydrogens (tertiary/aromatic N) is 2. The second-order valence-corrected chi connectivity index (χ2v) is 6.83. The molecule has 0 N–H and O–H groups in total. The number of amides is 2. The van der Waals surface area contributed by atoms with Gasteiger partial charge in [-0.1, -0.05) is 17.7 Å². The van der Waals surface area contributed by atoms with Gasteiger partial charge in [-0.2, -0.15) is 0 Å². The van der Waals surface area contributed by atoms with Crippen LogP contribution in [0.2, 0.25) is 5.02 Å². The van der Waals surface area contributed by atoms with Gasteiger partial charge in [-0.05, 0) is 46.6 Å². The van der Waals surface area contributed by atoms with Gasteiger partial charge in [-0.15, -0.1) is 0 Å². The minimum Gasteiger partial charge on any atom is -0.444 e. The van der Waals surface area contributed by atoms with Gasteiger partial charge in [-0.25, -0.2) is 4.39 Å². The molecule has 132 valence electrons. The van der Waals surface area contributed by atoms with Crippen LogP contribution in [-0.2, 0) is 0 Å². The van der Waals surface area contributed by atoms with Gasteiger partial charge in [0.2, 0.25) is 0 Å². The third-order valence-corrected chi connectivity index (χ3v) is 4.77. The number of benzene rings is 1. The highest BCUT2D eigenvalue weighted by atomic mass is 79.9. The lowest BCUT2D eigenvalue weighted by Gasteiger charge is -2.22. The molecule has 1 fully saturated rings. The largest absolute Gasteiger partial charge is 0.444 e. The summed E-state index contributed by atoms with van der Waals surface area (Å²) in [7, 11) is 0. The Morgan fingerprint density at radius 3 is 2.32 bits per heavy atom. The summed E-state index contributed by atoms with van der Waals surface area (Å²) >= 11 is 9.15. The van der Waals surface area contributed by atoms with E-state index in [1.54, 1.807) is 17.0 Å². The van der Waals surface area contributed by atoms with Crippen molar-refractivity contribution in [2.24, 2.45) is 0 Å². The summed E-state index contributed by atoms with van der Waals surface area (Å²) in [6, 6.07) is 7.40. The summed E-state index contributed by atoms with van der Waals surface area (Å²) in [5.41, 5.74) is -0.126. The molecule has 0 aliphatic carbocycles. The van der Waals surface area contributed by atoms with E-state index in [-0.39, 0.29) is 22.3 Å². The first-order valence-corrected chi connectivity index (χ1v) is 8.92. The third-order valence-electron chi connectivity index (χ3n) is 4.03. The zero-order valence-corrected chi connectivity index (χ0v) is 15.5. The van der Waals surface area contributed by atoms with Crippen molar-refractivity contribution in [3.8, 4) is 0 Å². The number of hydrogen-bond donors (Lipinski definition) is 0. The van der Waals surface area contributed by atoms with Gasteiger partial charge >= 0.3 is 0 Å². The van der Waals surface area contributed by atoms with Gasteiger partial charge in [0.1, 0.15) is 5.82 Å². The van der Waals surface area contributed by atoms with E-state index in [0.29, 0.717) is 37.3 Å². The summed E-state index contributed by atoms with van der Waals surface area (Å²) in [4.78, 5) is 28.2. The van der Waals surface area contributed by atoms with Crippen LogP contribution in [0.4, 0.5) is 4.39 Å². The van der Waals surface area contributed by atoms with E-state index in [0.717, 1.165) is 0 Å². The molecule has 0 unspecified atom stereocenters. The summed E-state index contributed by atoms with van der Waals surface area (Å²) in [5.74, 6) is -1.10. The Labute approximate surface area is 157 Å². The highest BCUT2D eigenvalue weighted by Crippen LogP contribution is 2.22. The van der Waals surface area contributed by atoms with Crippen LogP contribution in [0, 0.1) is 5.82 Å². The van der Waals surface area contributed by atoms with E-state index >= 15 is 0 Å². The highest BCUT2D eigenvalue weighted by Gasteiger charge is 2.27. The summed E-state index contributed by atoms with van der Waals surface area (Å²) < 4.78 is 19.7. The second kappa shape index (κ2) is 7.58. The Balaban J connectivity index is 1.71. The smallest absolute Gasteiger partial charge is 0.289 e. The van der Waals surface area contributed by atoms with Crippen LogP contribution in [0.1, 0.15) is 27.3 Å². The van der Waals surface area contributed by atoms with Crippen molar-refractivity contribution in [1.29, 1.82) is 0 Å². The molecule has 8 heteroatoms. The molecule has 1 aliphatic rings. The number of hydrogen-bond acceptors (Lipinski definition) is 3. The van der Waals surface area contributed by atoms with Crippen molar-refractivity contribution in [2.45, 2.75) is 6.42 Å². The molecule has 25 heavy (non-hydrogen) atoms. The van der Waals surface area contributed by atoms with Gasteiger partial charge in [-0.3, -0.25) is 9.59 Å². The Hall–Kier alpha value is -1.86. The predicted octanol–water partition coefficient (Wildman–Crippen LogP) is 3.82. The molecular formula is C17H15BrClFN2O3. The van der Waals surface area contributed by atoms with Crippen LogP contribution in [0.25, 0.3) is 0 Å². The fraction of sp³-hybridized carbons (Fsp3) is 0.294. The molecule has 2 heterocycles. The molecule has 0 atom stereocenters. The number of carbonyl (C=O) groups is 2. The van der Waals surface area contributed by atoms with E-state index in [9.17, 15) is 14.0 Å². The topological polar surface area (TPSA) is 53.8 Å². The van der Waals surface area contributed by atoms with Crippen molar-refractivity contribution in [1.82, 2.24) is 9.80 Å².